The Labute approximate surface area is 127 Å². The Balaban J connectivity index is 3.49. The highest BCUT2D eigenvalue weighted by molar-refractivity contribution is 5.95. The lowest BCUT2D eigenvalue weighted by Gasteiger charge is -2.29. The monoisotopic (exact) mass is 293 g/mol. The van der Waals surface area contributed by atoms with Gasteiger partial charge in [0.05, 0.1) is 18.1 Å². The number of carbonyl (C=O) groups is 1. The van der Waals surface area contributed by atoms with Crippen molar-refractivity contribution in [1.82, 2.24) is 0 Å². The van der Waals surface area contributed by atoms with Crippen LogP contribution in [-0.2, 0) is 4.79 Å². The van der Waals surface area contributed by atoms with Crippen molar-refractivity contribution < 1.29 is 4.79 Å². The summed E-state index contributed by atoms with van der Waals surface area (Å²) in [6.07, 6.45) is 0.105. The van der Waals surface area contributed by atoms with Gasteiger partial charge in [0.1, 0.15) is 18.2 Å². The van der Waals surface area contributed by atoms with Crippen molar-refractivity contribution in [3.05, 3.63) is 0 Å². The van der Waals surface area contributed by atoms with E-state index >= 15 is 0 Å². The Hall–Kier alpha value is -3.28. The summed E-state index contributed by atoms with van der Waals surface area (Å²) in [5, 5.41) is 53.6. The molecule has 0 aromatic rings. The van der Waals surface area contributed by atoms with Gasteiger partial charge >= 0.3 is 0 Å². The first-order valence-corrected chi connectivity index (χ1v) is 6.47. The maximum atomic E-state index is 12.8. The third-order valence-corrected chi connectivity index (χ3v) is 3.92. The number of nitrogens with zero attached hydrogens (tertiary/aromatic N) is 7. The second kappa shape index (κ2) is 5.61. The molecule has 0 spiro atoms. The van der Waals surface area contributed by atoms with Gasteiger partial charge in [-0.3, -0.25) is 4.79 Å². The molecule has 0 aliphatic carbocycles. The summed E-state index contributed by atoms with van der Waals surface area (Å²) < 4.78 is 0. The molecule has 1 rings (SSSR count). The van der Waals surface area contributed by atoms with Crippen molar-refractivity contribution >= 4 is 5.78 Å². The van der Waals surface area contributed by atoms with Gasteiger partial charge in [-0.2, -0.15) is 36.5 Å². The Kier molecular flexibility index (Phi) is 4.28. The number of rotatable bonds is 6. The van der Waals surface area contributed by atoms with Crippen LogP contribution in [0.25, 0.3) is 0 Å². The van der Waals surface area contributed by atoms with Gasteiger partial charge < -0.3 is 0 Å². The molecule has 1 heterocycles. The molecule has 0 saturated carbocycles. The largest absolute Gasteiger partial charge is 0.296 e. The third-order valence-electron chi connectivity index (χ3n) is 3.92. The minimum Gasteiger partial charge on any atom is -0.296 e. The first-order chi connectivity index (χ1) is 10.4. The topological polar surface area (TPSA) is 161 Å². The van der Waals surface area contributed by atoms with E-state index in [1.807, 2.05) is 0 Å². The van der Waals surface area contributed by atoms with Crippen LogP contribution in [0, 0.1) is 73.4 Å². The number of ketones is 1. The molecule has 0 saturated heterocycles. The Morgan fingerprint density at radius 3 is 1.68 bits per heavy atom. The fourth-order valence-electron chi connectivity index (χ4n) is 2.39. The van der Waals surface area contributed by atoms with Crippen LogP contribution in [0.4, 0.5) is 0 Å². The van der Waals surface area contributed by atoms with Gasteiger partial charge in [-0.05, 0) is 12.8 Å². The molecule has 8 heteroatoms. The summed E-state index contributed by atoms with van der Waals surface area (Å²) in [5.41, 5.74) is -5.97. The summed E-state index contributed by atoms with van der Waals surface area (Å²) in [6, 6.07) is 7.90. The van der Waals surface area contributed by atoms with E-state index in [0.717, 1.165) is 0 Å². The first-order valence-electron chi connectivity index (χ1n) is 6.47. The lowest BCUT2D eigenvalue weighted by molar-refractivity contribution is -0.130. The van der Waals surface area contributed by atoms with Crippen molar-refractivity contribution in [2.75, 3.05) is 0 Å². The second-order valence-electron chi connectivity index (χ2n) is 4.81. The van der Waals surface area contributed by atoms with Crippen LogP contribution in [0.3, 0.4) is 0 Å². The summed E-state index contributed by atoms with van der Waals surface area (Å²) in [6.45, 7) is 3.12. The highest BCUT2D eigenvalue weighted by Crippen LogP contribution is 2.51. The van der Waals surface area contributed by atoms with E-state index < -0.39 is 28.2 Å². The number of Topliss-reactive ketones (excluding diaryl/α,β-unsaturated/α-hetero) is 1. The smallest absolute Gasteiger partial charge is 0.249 e. The van der Waals surface area contributed by atoms with Gasteiger partial charge in [0.15, 0.2) is 5.78 Å². The van der Waals surface area contributed by atoms with Crippen LogP contribution in [-0.4, -0.2) is 11.4 Å². The van der Waals surface area contributed by atoms with Gasteiger partial charge in [0, 0.05) is 0 Å². The lowest BCUT2D eigenvalue weighted by atomic mass is 9.64. The molecule has 8 nitrogen and oxygen atoms in total. The molecule has 22 heavy (non-hydrogen) atoms. The Morgan fingerprint density at radius 2 is 1.45 bits per heavy atom. The third kappa shape index (κ3) is 1.89. The number of nitriles is 5. The van der Waals surface area contributed by atoms with Crippen molar-refractivity contribution in [3.63, 3.8) is 0 Å². The van der Waals surface area contributed by atoms with E-state index in [1.54, 1.807) is 19.1 Å². The number of hydrogen-bond acceptors (Lipinski definition) is 8. The second-order valence-corrected chi connectivity index (χ2v) is 4.81. The molecule has 1 unspecified atom stereocenters. The molecule has 0 bridgehead atoms. The van der Waals surface area contributed by atoms with Gasteiger partial charge in [-0.15, -0.1) is 0 Å². The SMILES string of the molecule is CCC(C(=O)C(C#N)(C#N)C1(CC)N=N1)C(C#N)(C#N)C#N. The van der Waals surface area contributed by atoms with E-state index in [4.69, 9.17) is 15.8 Å². The molecular formula is C14H11N7O. The van der Waals surface area contributed by atoms with E-state index in [2.05, 4.69) is 10.2 Å². The van der Waals surface area contributed by atoms with E-state index in [-0.39, 0.29) is 12.8 Å². The molecule has 0 aromatic carbocycles. The van der Waals surface area contributed by atoms with Crippen LogP contribution in [0.2, 0.25) is 0 Å². The molecule has 0 aromatic heterocycles. The number of hydrogen-bond donors (Lipinski definition) is 0. The number of carbonyl (C=O) groups excluding carboxylic acids is 1. The van der Waals surface area contributed by atoms with Crippen molar-refractivity contribution in [3.8, 4) is 30.3 Å². The van der Waals surface area contributed by atoms with Crippen LogP contribution in [0.5, 0.6) is 0 Å². The summed E-state index contributed by atoms with van der Waals surface area (Å²) in [5.74, 6) is -2.36. The van der Waals surface area contributed by atoms with Gasteiger partial charge in [0.2, 0.25) is 16.5 Å². The van der Waals surface area contributed by atoms with E-state index in [1.165, 1.54) is 25.1 Å². The molecule has 1 aliphatic heterocycles. The Bertz CT molecular complexity index is 676. The highest BCUT2D eigenvalue weighted by atomic mass is 16.1. The summed E-state index contributed by atoms with van der Waals surface area (Å²) in [4.78, 5) is 12.8. The van der Waals surface area contributed by atoms with Crippen molar-refractivity contribution in [2.45, 2.75) is 32.4 Å². The van der Waals surface area contributed by atoms with Crippen LogP contribution in [0.15, 0.2) is 10.2 Å². The van der Waals surface area contributed by atoms with Crippen LogP contribution < -0.4 is 0 Å². The normalized spacial score (nSPS) is 16.0. The molecule has 1 aliphatic rings. The molecule has 1 atom stereocenters. The maximum Gasteiger partial charge on any atom is 0.249 e. The highest BCUT2D eigenvalue weighted by Gasteiger charge is 2.67. The van der Waals surface area contributed by atoms with Crippen molar-refractivity contribution in [1.29, 1.82) is 26.3 Å². The van der Waals surface area contributed by atoms with Gasteiger partial charge in [-0.1, -0.05) is 13.8 Å². The zero-order valence-corrected chi connectivity index (χ0v) is 12.0. The lowest BCUT2D eigenvalue weighted by Crippen LogP contribution is -2.49. The quantitative estimate of drug-likeness (QED) is 0.724. The first kappa shape index (κ1) is 16.8. The molecule has 0 fully saturated rings. The molecule has 108 valence electrons. The average molecular weight is 293 g/mol. The van der Waals surface area contributed by atoms with Crippen LogP contribution >= 0.6 is 0 Å². The fourth-order valence-corrected chi connectivity index (χ4v) is 2.39. The van der Waals surface area contributed by atoms with Gasteiger partial charge in [0.25, 0.3) is 0 Å². The fraction of sp³-hybridized carbons (Fsp3) is 0.571. The van der Waals surface area contributed by atoms with Gasteiger partial charge in [-0.25, -0.2) is 0 Å². The molecule has 0 amide bonds. The zero-order valence-electron chi connectivity index (χ0n) is 12.0. The average Bonchev–Trinajstić information content (AvgIpc) is 3.35. The summed E-state index contributed by atoms with van der Waals surface area (Å²) >= 11 is 0. The predicted molar refractivity (Wildman–Crippen MR) is 69.6 cm³/mol. The van der Waals surface area contributed by atoms with Crippen LogP contribution in [0.1, 0.15) is 26.7 Å². The van der Waals surface area contributed by atoms with E-state index in [9.17, 15) is 15.3 Å². The summed E-state index contributed by atoms with van der Waals surface area (Å²) in [7, 11) is 0. The molecule has 0 N–H and O–H groups in total. The Morgan fingerprint density at radius 1 is 1.00 bits per heavy atom. The van der Waals surface area contributed by atoms with Crippen molar-refractivity contribution in [2.24, 2.45) is 27.0 Å². The minimum atomic E-state index is -2.26. The molecule has 0 radical (unpaired) electrons. The predicted octanol–water partition coefficient (Wildman–Crippen LogP) is 1.74. The molecular weight excluding hydrogens is 282 g/mol. The van der Waals surface area contributed by atoms with E-state index in [0.29, 0.717) is 0 Å². The minimum absolute atomic E-state index is 0.0432. The standard InChI is InChI=1S/C14H11N7O/c1-3-10(12(5-15,6-16)7-17)11(22)13(8-18,9-19)14(4-2)20-21-14/h10H,3-4H2,1-2H3. The maximum absolute atomic E-state index is 12.8. The zero-order chi connectivity index (χ0) is 17.0.